The second-order valence-electron chi connectivity index (χ2n) is 5.59. The van der Waals surface area contributed by atoms with Crippen molar-refractivity contribution in [3.05, 3.63) is 80.7 Å². The molecule has 0 spiro atoms. The molecule has 2 aromatic carbocycles. The normalized spacial score (nSPS) is 11.2. The van der Waals surface area contributed by atoms with E-state index in [9.17, 15) is 4.79 Å². The summed E-state index contributed by atoms with van der Waals surface area (Å²) >= 11 is 6.21. The average molecular weight is 340 g/mol. The lowest BCUT2D eigenvalue weighted by molar-refractivity contribution is 0.535. The molecule has 0 bridgehead atoms. The van der Waals surface area contributed by atoms with Crippen LogP contribution in [0, 0.1) is 6.92 Å². The molecule has 24 heavy (non-hydrogen) atoms. The molecule has 120 valence electrons. The third-order valence-corrected chi connectivity index (χ3v) is 4.36. The second-order valence-corrected chi connectivity index (χ2v) is 6.00. The highest BCUT2D eigenvalue weighted by molar-refractivity contribution is 6.31. The fourth-order valence-electron chi connectivity index (χ4n) is 2.71. The Morgan fingerprint density at radius 3 is 2.71 bits per heavy atom. The first-order chi connectivity index (χ1) is 11.6. The first-order valence-corrected chi connectivity index (χ1v) is 7.91. The Labute approximate surface area is 142 Å². The smallest absolute Gasteiger partial charge is 0.325 e. The molecule has 1 N–H and O–H groups in total. The van der Waals surface area contributed by atoms with Gasteiger partial charge in [0.1, 0.15) is 5.52 Å². The number of benzene rings is 2. The van der Waals surface area contributed by atoms with Gasteiger partial charge in [0.2, 0.25) is 0 Å². The van der Waals surface area contributed by atoms with Crippen molar-refractivity contribution in [1.82, 2.24) is 14.8 Å². The van der Waals surface area contributed by atoms with E-state index in [-0.39, 0.29) is 11.6 Å². The predicted octanol–water partition coefficient (Wildman–Crippen LogP) is 3.86. The molecule has 0 atom stereocenters. The molecular weight excluding hydrogens is 326 g/mol. The number of oxazole rings is 1. The third kappa shape index (κ3) is 2.43. The summed E-state index contributed by atoms with van der Waals surface area (Å²) in [4.78, 5) is 17.1. The highest BCUT2D eigenvalue weighted by Gasteiger charge is 2.17. The molecule has 0 saturated heterocycles. The summed E-state index contributed by atoms with van der Waals surface area (Å²) in [6.45, 7) is 1.85. The number of hydrogen-bond acceptors (Lipinski definition) is 3. The van der Waals surface area contributed by atoms with E-state index in [1.165, 1.54) is 4.68 Å². The van der Waals surface area contributed by atoms with E-state index in [0.717, 1.165) is 11.3 Å². The maximum atomic E-state index is 12.8. The number of aromatic amines is 1. The van der Waals surface area contributed by atoms with Crippen LogP contribution < -0.4 is 5.56 Å². The molecule has 0 aliphatic rings. The van der Waals surface area contributed by atoms with Crippen molar-refractivity contribution in [1.29, 1.82) is 0 Å². The van der Waals surface area contributed by atoms with Crippen molar-refractivity contribution < 1.29 is 4.42 Å². The van der Waals surface area contributed by atoms with Crippen molar-refractivity contribution in [3.63, 3.8) is 0 Å². The zero-order valence-electron chi connectivity index (χ0n) is 12.9. The molecule has 0 fully saturated rings. The minimum atomic E-state index is -0.182. The first kappa shape index (κ1) is 14.8. The van der Waals surface area contributed by atoms with Crippen molar-refractivity contribution >= 4 is 22.7 Å². The highest BCUT2D eigenvalue weighted by atomic mass is 35.5. The molecule has 0 radical (unpaired) electrons. The predicted molar refractivity (Wildman–Crippen MR) is 93.0 cm³/mol. The van der Waals surface area contributed by atoms with Gasteiger partial charge in [-0.1, -0.05) is 41.9 Å². The molecule has 6 heteroatoms. The summed E-state index contributed by atoms with van der Waals surface area (Å²) in [7, 11) is 0. The maximum Gasteiger partial charge on any atom is 0.325 e. The minimum Gasteiger partial charge on any atom is -0.422 e. The summed E-state index contributed by atoms with van der Waals surface area (Å²) in [5.41, 5.74) is 3.48. The summed E-state index contributed by atoms with van der Waals surface area (Å²) in [6.07, 6.45) is 0.452. The van der Waals surface area contributed by atoms with Crippen LogP contribution in [0.25, 0.3) is 17.1 Å². The Kier molecular flexibility index (Phi) is 3.50. The largest absolute Gasteiger partial charge is 0.422 e. The summed E-state index contributed by atoms with van der Waals surface area (Å²) in [5, 5.41) is 3.68. The number of nitrogens with zero attached hydrogens (tertiary/aromatic N) is 2. The molecule has 2 aromatic heterocycles. The maximum absolute atomic E-state index is 12.8. The van der Waals surface area contributed by atoms with Crippen molar-refractivity contribution in [3.8, 4) is 6.01 Å². The minimum absolute atomic E-state index is 0.182. The quantitative estimate of drug-likeness (QED) is 0.616. The Bertz CT molecular complexity index is 1060. The molecule has 5 nitrogen and oxygen atoms in total. The number of nitrogens with one attached hydrogen (secondary N) is 1. The Hall–Kier alpha value is -2.79. The van der Waals surface area contributed by atoms with Gasteiger partial charge >= 0.3 is 6.01 Å². The van der Waals surface area contributed by atoms with Crippen molar-refractivity contribution in [2.24, 2.45) is 0 Å². The van der Waals surface area contributed by atoms with Crippen LogP contribution in [0.4, 0.5) is 0 Å². The number of fused-ring (bicyclic) bond motifs is 1. The van der Waals surface area contributed by atoms with E-state index in [1.54, 1.807) is 0 Å². The zero-order valence-corrected chi connectivity index (χ0v) is 13.7. The Morgan fingerprint density at radius 2 is 1.92 bits per heavy atom. The van der Waals surface area contributed by atoms with Gasteiger partial charge in [0.15, 0.2) is 5.58 Å². The topological polar surface area (TPSA) is 63.8 Å². The van der Waals surface area contributed by atoms with E-state index in [1.807, 2.05) is 55.5 Å². The Morgan fingerprint density at radius 1 is 1.17 bits per heavy atom. The van der Waals surface area contributed by atoms with Crippen LogP contribution in [-0.2, 0) is 6.42 Å². The fraction of sp³-hybridized carbons (Fsp3) is 0.111. The van der Waals surface area contributed by atoms with Gasteiger partial charge in [-0.05, 0) is 30.7 Å². The van der Waals surface area contributed by atoms with E-state index in [0.29, 0.717) is 28.1 Å². The molecule has 0 saturated carbocycles. The molecule has 4 aromatic rings. The second kappa shape index (κ2) is 5.69. The van der Waals surface area contributed by atoms with Gasteiger partial charge in [0.05, 0.1) is 0 Å². The van der Waals surface area contributed by atoms with Crippen molar-refractivity contribution in [2.75, 3.05) is 0 Å². The van der Waals surface area contributed by atoms with Crippen LogP contribution in [0.5, 0.6) is 0 Å². The highest BCUT2D eigenvalue weighted by Crippen LogP contribution is 2.20. The Balaban J connectivity index is 1.79. The van der Waals surface area contributed by atoms with E-state index >= 15 is 0 Å². The lowest BCUT2D eigenvalue weighted by Crippen LogP contribution is -2.18. The molecular formula is C18H14ClN3O2. The number of rotatable bonds is 3. The van der Waals surface area contributed by atoms with Gasteiger partial charge in [-0.2, -0.15) is 9.67 Å². The van der Waals surface area contributed by atoms with Crippen LogP contribution in [-0.4, -0.2) is 14.8 Å². The van der Waals surface area contributed by atoms with Crippen LogP contribution in [0.2, 0.25) is 5.02 Å². The third-order valence-electron chi connectivity index (χ3n) is 3.99. The molecule has 2 heterocycles. The molecule has 0 aliphatic carbocycles. The van der Waals surface area contributed by atoms with Gasteiger partial charge in [-0.15, -0.1) is 0 Å². The number of H-pyrrole nitrogens is 1. The van der Waals surface area contributed by atoms with Crippen LogP contribution in [0.3, 0.4) is 0 Å². The molecule has 0 unspecified atom stereocenters. The average Bonchev–Trinajstić information content (AvgIpc) is 3.12. The fourth-order valence-corrected chi connectivity index (χ4v) is 2.91. The van der Waals surface area contributed by atoms with Crippen LogP contribution >= 0.6 is 11.6 Å². The number of hydrogen-bond donors (Lipinski definition) is 1. The van der Waals surface area contributed by atoms with Gasteiger partial charge < -0.3 is 4.42 Å². The molecule has 0 amide bonds. The standard InChI is InChI=1S/C18H14ClN3O2/c1-11-13(10-12-6-2-3-7-14(12)19)17(23)22(21-11)18-20-15-8-4-5-9-16(15)24-18/h2-9,21H,10H2,1H3. The lowest BCUT2D eigenvalue weighted by Gasteiger charge is -2.01. The first-order valence-electron chi connectivity index (χ1n) is 7.53. The van der Waals surface area contributed by atoms with Crippen LogP contribution in [0.1, 0.15) is 16.8 Å². The zero-order chi connectivity index (χ0) is 16.7. The van der Waals surface area contributed by atoms with Crippen molar-refractivity contribution in [2.45, 2.75) is 13.3 Å². The molecule has 4 rings (SSSR count). The number of aromatic nitrogens is 3. The van der Waals surface area contributed by atoms with E-state index < -0.39 is 0 Å². The summed E-state index contributed by atoms with van der Waals surface area (Å²) < 4.78 is 7.01. The van der Waals surface area contributed by atoms with Crippen LogP contribution in [0.15, 0.2) is 57.7 Å². The summed E-state index contributed by atoms with van der Waals surface area (Å²) in [5.74, 6) is 0. The SMILES string of the molecule is Cc1[nH]n(-c2nc3ccccc3o2)c(=O)c1Cc1ccccc1Cl. The van der Waals surface area contributed by atoms with E-state index in [2.05, 4.69) is 10.1 Å². The van der Waals surface area contributed by atoms with Gasteiger partial charge in [-0.3, -0.25) is 9.89 Å². The van der Waals surface area contributed by atoms with Gasteiger partial charge in [0.25, 0.3) is 5.56 Å². The number of aryl methyl sites for hydroxylation is 1. The van der Waals surface area contributed by atoms with Gasteiger partial charge in [-0.25, -0.2) is 0 Å². The monoisotopic (exact) mass is 339 g/mol. The summed E-state index contributed by atoms with van der Waals surface area (Å²) in [6, 6.07) is 15.1. The lowest BCUT2D eigenvalue weighted by atomic mass is 10.1. The van der Waals surface area contributed by atoms with Gasteiger partial charge in [0, 0.05) is 22.7 Å². The number of para-hydroxylation sites is 2. The van der Waals surface area contributed by atoms with E-state index in [4.69, 9.17) is 16.0 Å². The molecule has 0 aliphatic heterocycles. The number of halogens is 1.